The minimum Gasteiger partial charge on any atom is -0.394 e. The fourth-order valence-electron chi connectivity index (χ4n) is 4.22. The van der Waals surface area contributed by atoms with E-state index in [-0.39, 0.29) is 19.1 Å². The summed E-state index contributed by atoms with van der Waals surface area (Å²) in [4.78, 5) is 33.9. The van der Waals surface area contributed by atoms with Crippen LogP contribution in [0.4, 0.5) is 0 Å². The fourth-order valence-corrected chi connectivity index (χ4v) is 4.35. The molecule has 3 aromatic carbocycles. The summed E-state index contributed by atoms with van der Waals surface area (Å²) in [6.07, 6.45) is -1.16. The Hall–Kier alpha value is -3.23. The molecule has 1 aliphatic heterocycles. The number of nitrogens with zero attached hydrogens (tertiary/aromatic N) is 1. The van der Waals surface area contributed by atoms with Crippen molar-refractivity contribution in [3.8, 4) is 0 Å². The number of nitrogens with one attached hydrogen (secondary N) is 1. The first-order chi connectivity index (χ1) is 16.5. The Morgan fingerprint density at radius 3 is 2.41 bits per heavy atom. The van der Waals surface area contributed by atoms with Crippen molar-refractivity contribution < 1.29 is 24.6 Å². The van der Waals surface area contributed by atoms with Crippen LogP contribution in [0.5, 0.6) is 0 Å². The highest BCUT2D eigenvalue weighted by atomic mass is 35.5. The van der Waals surface area contributed by atoms with E-state index < -0.39 is 30.6 Å². The van der Waals surface area contributed by atoms with Crippen molar-refractivity contribution in [2.24, 2.45) is 0 Å². The maximum absolute atomic E-state index is 13.5. The number of carbonyl (C=O) groups is 2. The molecule has 0 saturated carbocycles. The Morgan fingerprint density at radius 2 is 1.71 bits per heavy atom. The zero-order chi connectivity index (χ0) is 24.1. The van der Waals surface area contributed by atoms with Gasteiger partial charge in [-0.15, -0.1) is 0 Å². The summed E-state index contributed by atoms with van der Waals surface area (Å²) in [5.74, 6) is -1.59. The van der Waals surface area contributed by atoms with Crippen LogP contribution in [-0.2, 0) is 16.2 Å². The number of rotatable bonds is 8. The molecule has 3 N–H and O–H groups in total. The number of hydroxylamine groups is 1. The predicted octanol–water partition coefficient (Wildman–Crippen LogP) is 3.22. The fraction of sp³-hybridized carbons (Fsp3) is 0.231. The van der Waals surface area contributed by atoms with E-state index in [1.807, 2.05) is 30.3 Å². The third-order valence-corrected chi connectivity index (χ3v) is 6.06. The molecule has 3 unspecified atom stereocenters. The van der Waals surface area contributed by atoms with Gasteiger partial charge in [0.05, 0.1) is 31.3 Å². The van der Waals surface area contributed by atoms with E-state index in [0.717, 1.165) is 5.56 Å². The first-order valence-electron chi connectivity index (χ1n) is 10.9. The van der Waals surface area contributed by atoms with Gasteiger partial charge in [0.15, 0.2) is 0 Å². The molecule has 1 heterocycles. The summed E-state index contributed by atoms with van der Waals surface area (Å²) < 4.78 is 0. The minimum atomic E-state index is -1.16. The molecule has 0 radical (unpaired) electrons. The number of β-amino-alcohol motifs (C(OH)–C–C–N with tert-alkyl or cyclic N) is 1. The molecule has 176 valence electrons. The van der Waals surface area contributed by atoms with E-state index in [1.54, 1.807) is 48.5 Å². The van der Waals surface area contributed by atoms with Crippen molar-refractivity contribution in [2.75, 3.05) is 13.2 Å². The van der Waals surface area contributed by atoms with Crippen LogP contribution in [-0.4, -0.2) is 46.2 Å². The van der Waals surface area contributed by atoms with Crippen LogP contribution in [0, 0.1) is 0 Å². The Labute approximate surface area is 202 Å². The number of carbonyl (C=O) groups excluding carboxylic acids is 2. The molecule has 8 heteroatoms. The third kappa shape index (κ3) is 5.13. The molecule has 34 heavy (non-hydrogen) atoms. The Kier molecular flexibility index (Phi) is 7.59. The third-order valence-electron chi connectivity index (χ3n) is 5.81. The molecule has 1 aliphatic rings. The van der Waals surface area contributed by atoms with Crippen molar-refractivity contribution in [1.82, 2.24) is 10.4 Å². The van der Waals surface area contributed by atoms with Gasteiger partial charge in [-0.2, -0.15) is 0 Å². The zero-order valence-corrected chi connectivity index (χ0v) is 19.1. The number of hydrogen-bond donors (Lipinski definition) is 3. The van der Waals surface area contributed by atoms with Gasteiger partial charge in [-0.25, -0.2) is 5.48 Å². The highest BCUT2D eigenvalue weighted by Crippen LogP contribution is 2.43. The minimum absolute atomic E-state index is 0.147. The van der Waals surface area contributed by atoms with Gasteiger partial charge in [0, 0.05) is 17.1 Å². The molecule has 3 atom stereocenters. The van der Waals surface area contributed by atoms with Crippen LogP contribution in [0.3, 0.4) is 0 Å². The lowest BCUT2D eigenvalue weighted by Crippen LogP contribution is -2.50. The quantitative estimate of drug-likeness (QED) is 0.430. The van der Waals surface area contributed by atoms with Gasteiger partial charge in [0.25, 0.3) is 11.8 Å². The van der Waals surface area contributed by atoms with Crippen LogP contribution in [0.1, 0.15) is 39.0 Å². The summed E-state index contributed by atoms with van der Waals surface area (Å²) >= 11 is 6.08. The Bertz CT molecular complexity index is 1140. The smallest absolute Gasteiger partial charge is 0.254 e. The van der Waals surface area contributed by atoms with Gasteiger partial charge < -0.3 is 15.1 Å². The zero-order valence-electron chi connectivity index (χ0n) is 18.3. The van der Waals surface area contributed by atoms with Crippen molar-refractivity contribution in [3.05, 3.63) is 106 Å². The molecule has 4 rings (SSSR count). The summed E-state index contributed by atoms with van der Waals surface area (Å²) in [5, 5.41) is 20.1. The van der Waals surface area contributed by atoms with E-state index in [1.165, 1.54) is 4.90 Å². The second-order valence-corrected chi connectivity index (χ2v) is 8.53. The highest BCUT2D eigenvalue weighted by Gasteiger charge is 2.44. The van der Waals surface area contributed by atoms with Crippen LogP contribution >= 0.6 is 11.6 Å². The normalized spacial score (nSPS) is 18.3. The topological polar surface area (TPSA) is 99.1 Å². The molecule has 0 aromatic heterocycles. The molecule has 0 aliphatic carbocycles. The number of fused-ring (bicyclic) bond motifs is 1. The van der Waals surface area contributed by atoms with Crippen LogP contribution in [0.2, 0.25) is 5.02 Å². The monoisotopic (exact) mass is 480 g/mol. The van der Waals surface area contributed by atoms with Crippen LogP contribution < -0.4 is 5.48 Å². The molecule has 0 fully saturated rings. The van der Waals surface area contributed by atoms with Crippen LogP contribution in [0.25, 0.3) is 0 Å². The van der Waals surface area contributed by atoms with Crippen molar-refractivity contribution in [1.29, 1.82) is 0 Å². The molecule has 0 bridgehead atoms. The number of benzene rings is 3. The van der Waals surface area contributed by atoms with Crippen molar-refractivity contribution >= 4 is 23.4 Å². The van der Waals surface area contributed by atoms with E-state index in [0.29, 0.717) is 21.7 Å². The van der Waals surface area contributed by atoms with Gasteiger partial charge in [0.1, 0.15) is 0 Å². The highest BCUT2D eigenvalue weighted by molar-refractivity contribution is 6.30. The summed E-state index contributed by atoms with van der Waals surface area (Å²) in [6, 6.07) is 22.4. The molecule has 0 spiro atoms. The predicted molar refractivity (Wildman–Crippen MR) is 127 cm³/mol. The number of aliphatic hydroxyl groups is 2. The van der Waals surface area contributed by atoms with E-state index >= 15 is 0 Å². The van der Waals surface area contributed by atoms with Crippen molar-refractivity contribution in [3.63, 3.8) is 0 Å². The van der Waals surface area contributed by atoms with Gasteiger partial charge in [-0.1, -0.05) is 72.3 Å². The Balaban J connectivity index is 1.71. The maximum Gasteiger partial charge on any atom is 0.254 e. The maximum atomic E-state index is 13.5. The lowest BCUT2D eigenvalue weighted by molar-refractivity contribution is -0.138. The summed E-state index contributed by atoms with van der Waals surface area (Å²) in [7, 11) is 0. The summed E-state index contributed by atoms with van der Waals surface area (Å²) in [5.41, 5.74) is 5.02. The Morgan fingerprint density at radius 1 is 1.03 bits per heavy atom. The first kappa shape index (κ1) is 23.9. The number of hydrogen-bond acceptors (Lipinski definition) is 5. The average Bonchev–Trinajstić information content (AvgIpc) is 2.86. The lowest BCUT2D eigenvalue weighted by atomic mass is 9.79. The van der Waals surface area contributed by atoms with E-state index in [4.69, 9.17) is 16.4 Å². The number of amides is 2. The molecular formula is C26H25ClN2O5. The second-order valence-electron chi connectivity index (χ2n) is 8.10. The SMILES string of the molecule is O=C(NOCc1ccccc1)C1c2ccccc2C(=O)N(CC(O)CO)C1c1ccc(Cl)cc1. The largest absolute Gasteiger partial charge is 0.394 e. The first-order valence-corrected chi connectivity index (χ1v) is 11.3. The van der Waals surface area contributed by atoms with Crippen molar-refractivity contribution in [2.45, 2.75) is 24.7 Å². The molecule has 7 nitrogen and oxygen atoms in total. The lowest BCUT2D eigenvalue weighted by Gasteiger charge is -2.42. The molecule has 3 aromatic rings. The van der Waals surface area contributed by atoms with Gasteiger partial charge in [-0.3, -0.25) is 14.4 Å². The molecular weight excluding hydrogens is 456 g/mol. The average molecular weight is 481 g/mol. The summed E-state index contributed by atoms with van der Waals surface area (Å²) in [6.45, 7) is -0.486. The van der Waals surface area contributed by atoms with E-state index in [2.05, 4.69) is 5.48 Å². The van der Waals surface area contributed by atoms with E-state index in [9.17, 15) is 19.8 Å². The van der Waals surface area contributed by atoms with Gasteiger partial charge in [-0.05, 0) is 34.9 Å². The van der Waals surface area contributed by atoms with Gasteiger partial charge >= 0.3 is 0 Å². The molecule has 0 saturated heterocycles. The number of aliphatic hydroxyl groups excluding tert-OH is 2. The second kappa shape index (κ2) is 10.8. The van der Waals surface area contributed by atoms with Crippen LogP contribution in [0.15, 0.2) is 78.9 Å². The standard InChI is InChI=1S/C26H25ClN2O5/c27-19-12-10-18(11-13-19)24-23(25(32)28-34-16-17-6-2-1-3-7-17)21-8-4-5-9-22(21)26(33)29(24)14-20(31)15-30/h1-13,20,23-24,30-31H,14-16H2,(H,28,32). The molecule has 2 amide bonds. The number of halogens is 1. The van der Waals surface area contributed by atoms with Gasteiger partial charge in [0.2, 0.25) is 0 Å².